The van der Waals surface area contributed by atoms with Crippen molar-refractivity contribution in [2.24, 2.45) is 5.16 Å². The second kappa shape index (κ2) is 8.39. The molecule has 0 aliphatic heterocycles. The fourth-order valence-electron chi connectivity index (χ4n) is 1.14. The van der Waals surface area contributed by atoms with Crippen LogP contribution in [0.2, 0.25) is 0 Å². The molecule has 1 unspecified atom stereocenters. The van der Waals surface area contributed by atoms with E-state index in [-0.39, 0.29) is 0 Å². The molecule has 1 rings (SSSR count). The molecule has 0 radical (unpaired) electrons. The van der Waals surface area contributed by atoms with E-state index in [4.69, 9.17) is 9.73 Å². The first kappa shape index (κ1) is 14.1. The van der Waals surface area contributed by atoms with Crippen LogP contribution in [-0.4, -0.2) is 10.9 Å². The van der Waals surface area contributed by atoms with E-state index in [1.54, 1.807) is 6.92 Å². The van der Waals surface area contributed by atoms with Crippen molar-refractivity contribution in [1.82, 2.24) is 0 Å². The van der Waals surface area contributed by atoms with Crippen LogP contribution < -0.4 is 0 Å². The van der Waals surface area contributed by atoms with Crippen molar-refractivity contribution in [2.45, 2.75) is 27.4 Å². The first-order chi connectivity index (χ1) is 7.29. The van der Waals surface area contributed by atoms with Gasteiger partial charge in [-0.3, -0.25) is 0 Å². The third-order valence-electron chi connectivity index (χ3n) is 1.80. The number of nitrogens with zero attached hydrogens (tertiary/aromatic N) is 1. The van der Waals surface area contributed by atoms with Crippen LogP contribution >= 0.6 is 9.47 Å². The van der Waals surface area contributed by atoms with E-state index in [0.717, 1.165) is 11.1 Å². The fourth-order valence-corrected chi connectivity index (χ4v) is 1.32. The molecule has 0 heterocycles. The van der Waals surface area contributed by atoms with Crippen LogP contribution in [0.1, 0.15) is 31.9 Å². The third kappa shape index (κ3) is 4.41. The van der Waals surface area contributed by atoms with Gasteiger partial charge in [-0.2, -0.15) is 0 Å². The van der Waals surface area contributed by atoms with Crippen molar-refractivity contribution in [3.05, 3.63) is 35.4 Å². The number of oxime groups is 1. The Kier molecular flexibility index (Phi) is 7.88. The van der Waals surface area contributed by atoms with Crippen LogP contribution in [0, 0.1) is 0 Å². The summed E-state index contributed by atoms with van der Waals surface area (Å²) in [5.41, 5.74) is 2.51. The zero-order chi connectivity index (χ0) is 11.7. The summed E-state index contributed by atoms with van der Waals surface area (Å²) < 4.78 is 4.94. The maximum absolute atomic E-state index is 8.62. The Hall–Kier alpha value is -0.920. The molecule has 1 aromatic rings. The van der Waals surface area contributed by atoms with E-state index < -0.39 is 0 Å². The summed E-state index contributed by atoms with van der Waals surface area (Å²) in [5, 5.41) is 11.8. The Morgan fingerprint density at radius 2 is 2.00 bits per heavy atom. The lowest BCUT2D eigenvalue weighted by Gasteiger charge is -2.06. The van der Waals surface area contributed by atoms with Crippen LogP contribution in [0.25, 0.3) is 0 Å². The molecule has 0 aliphatic carbocycles. The quantitative estimate of drug-likeness (QED) is 0.373. The van der Waals surface area contributed by atoms with Crippen molar-refractivity contribution < 1.29 is 9.73 Å². The van der Waals surface area contributed by atoms with Gasteiger partial charge < -0.3 is 9.73 Å². The molecule has 0 aromatic heterocycles. The van der Waals surface area contributed by atoms with E-state index in [9.17, 15) is 0 Å². The molecule has 1 aromatic carbocycles. The molecule has 0 bridgehead atoms. The Labute approximate surface area is 93.4 Å². The molecule has 0 saturated carbocycles. The second-order valence-electron chi connectivity index (χ2n) is 2.65. The first-order valence-corrected chi connectivity index (χ1v) is 5.35. The lowest BCUT2D eigenvalue weighted by molar-refractivity contribution is 0.318. The van der Waals surface area contributed by atoms with Crippen LogP contribution in [0.15, 0.2) is 29.4 Å². The monoisotopic (exact) mass is 227 g/mol. The van der Waals surface area contributed by atoms with Gasteiger partial charge in [0.05, 0.1) is 12.3 Å². The van der Waals surface area contributed by atoms with Crippen molar-refractivity contribution >= 4 is 15.2 Å². The van der Waals surface area contributed by atoms with Crippen LogP contribution in [0.3, 0.4) is 0 Å². The molecule has 0 fully saturated rings. The molecule has 0 spiro atoms. The highest BCUT2D eigenvalue weighted by molar-refractivity contribution is 7.09. The zero-order valence-electron chi connectivity index (χ0n) is 9.40. The number of benzene rings is 1. The van der Waals surface area contributed by atoms with Gasteiger partial charge in [0.1, 0.15) is 0 Å². The van der Waals surface area contributed by atoms with Gasteiger partial charge in [0.25, 0.3) is 0 Å². The van der Waals surface area contributed by atoms with Gasteiger partial charge in [0.15, 0.2) is 0 Å². The number of hydrogen-bond donors (Lipinski definition) is 1. The van der Waals surface area contributed by atoms with E-state index in [1.165, 1.54) is 0 Å². The number of rotatable bonds is 3. The van der Waals surface area contributed by atoms with E-state index in [2.05, 4.69) is 14.6 Å². The lowest BCUT2D eigenvalue weighted by atomic mass is 10.0. The molecule has 15 heavy (non-hydrogen) atoms. The van der Waals surface area contributed by atoms with Crippen molar-refractivity contribution in [3.63, 3.8) is 0 Å². The highest BCUT2D eigenvalue weighted by Gasteiger charge is 2.03. The molecule has 0 amide bonds. The topological polar surface area (TPSA) is 41.8 Å². The van der Waals surface area contributed by atoms with Gasteiger partial charge in [-0.15, -0.1) is 0 Å². The summed E-state index contributed by atoms with van der Waals surface area (Å²) >= 11 is 0. The van der Waals surface area contributed by atoms with E-state index >= 15 is 0 Å². The van der Waals surface area contributed by atoms with Crippen molar-refractivity contribution in [1.29, 1.82) is 0 Å². The minimum absolute atomic E-state index is 0.494. The second-order valence-corrected chi connectivity index (χ2v) is 2.99. The highest BCUT2D eigenvalue weighted by Crippen LogP contribution is 2.12. The lowest BCUT2D eigenvalue weighted by Crippen LogP contribution is -2.00. The van der Waals surface area contributed by atoms with Gasteiger partial charge in [0.2, 0.25) is 0 Å². The predicted octanol–water partition coefficient (Wildman–Crippen LogP) is 3.22. The molecule has 1 atom stereocenters. The fraction of sp³-hybridized carbons (Fsp3) is 0.364. The van der Waals surface area contributed by atoms with Gasteiger partial charge >= 0.3 is 0 Å². The zero-order valence-corrected chi connectivity index (χ0v) is 10.6. The average Bonchev–Trinajstić information content (AvgIpc) is 2.32. The van der Waals surface area contributed by atoms with Crippen molar-refractivity contribution in [2.75, 3.05) is 0 Å². The molecule has 4 heteroatoms. The Balaban J connectivity index is 0.000000921. The number of hydrogen-bond acceptors (Lipinski definition) is 3. The first-order valence-electron chi connectivity index (χ1n) is 4.88. The molecule has 1 N–H and O–H groups in total. The minimum Gasteiger partial charge on any atom is -0.411 e. The van der Waals surface area contributed by atoms with Gasteiger partial charge in [-0.25, -0.2) is 0 Å². The maximum atomic E-state index is 8.62. The van der Waals surface area contributed by atoms with Gasteiger partial charge in [-0.05, 0) is 12.5 Å². The van der Waals surface area contributed by atoms with E-state index in [0.29, 0.717) is 12.3 Å². The molecular formula is C11H18NO2P. The average molecular weight is 227 g/mol. The van der Waals surface area contributed by atoms with Crippen LogP contribution in [-0.2, 0) is 11.1 Å². The van der Waals surface area contributed by atoms with Gasteiger partial charge in [-0.1, -0.05) is 43.3 Å². The Morgan fingerprint density at radius 3 is 2.53 bits per heavy atom. The maximum Gasteiger partial charge on any atom is 0.0840 e. The summed E-state index contributed by atoms with van der Waals surface area (Å²) in [6.45, 7) is 6.25. The molecule has 3 nitrogen and oxygen atoms in total. The van der Waals surface area contributed by atoms with Gasteiger partial charge in [0, 0.05) is 15.0 Å². The van der Waals surface area contributed by atoms with Crippen LogP contribution in [0.4, 0.5) is 0 Å². The Bertz CT molecular complexity index is 313. The molecular weight excluding hydrogens is 209 g/mol. The summed E-state index contributed by atoms with van der Waals surface area (Å²) in [6, 6.07) is 7.66. The summed E-state index contributed by atoms with van der Waals surface area (Å²) in [5.74, 6) is 0. The minimum atomic E-state index is 0.494. The largest absolute Gasteiger partial charge is 0.411 e. The highest BCUT2D eigenvalue weighted by atomic mass is 31.0. The summed E-state index contributed by atoms with van der Waals surface area (Å²) in [6.07, 6.45) is 0. The standard InChI is InChI=1S/C9H12NO2P.C2H6/c1-7(10-11)9-5-3-2-4-8(9)6-12-13;1-2/h2-5,11H,6,13H2,1H3;1-2H3/b10-7-;. The molecule has 0 saturated heterocycles. The molecule has 0 aliphatic rings. The SMILES string of the molecule is C/C(=N/O)c1ccccc1COP.CC. The Morgan fingerprint density at radius 1 is 1.40 bits per heavy atom. The summed E-state index contributed by atoms with van der Waals surface area (Å²) in [7, 11) is 2.20. The predicted molar refractivity (Wildman–Crippen MR) is 66.3 cm³/mol. The molecule has 84 valence electrons. The van der Waals surface area contributed by atoms with Crippen LogP contribution in [0.5, 0.6) is 0 Å². The smallest absolute Gasteiger partial charge is 0.0840 e. The van der Waals surface area contributed by atoms with E-state index in [1.807, 2.05) is 38.1 Å². The third-order valence-corrected chi connectivity index (χ3v) is 1.96. The summed E-state index contributed by atoms with van der Waals surface area (Å²) in [4.78, 5) is 0. The normalized spacial score (nSPS) is 10.5. The van der Waals surface area contributed by atoms with Crippen molar-refractivity contribution in [3.8, 4) is 0 Å².